The molecule has 1 rings (SSSR count). The van der Waals surface area contributed by atoms with Gasteiger partial charge in [-0.25, -0.2) is 0 Å². The van der Waals surface area contributed by atoms with Crippen molar-refractivity contribution in [3.05, 3.63) is 23.8 Å². The molecule has 0 aliphatic heterocycles. The minimum Gasteiger partial charge on any atom is -0.497 e. The van der Waals surface area contributed by atoms with Crippen LogP contribution in [0.2, 0.25) is 0 Å². The molecular formula is C13H22N2O2. The Labute approximate surface area is 103 Å². The molecule has 1 atom stereocenters. The van der Waals surface area contributed by atoms with E-state index in [-0.39, 0.29) is 6.04 Å². The smallest absolute Gasteiger partial charge is 0.122 e. The summed E-state index contributed by atoms with van der Waals surface area (Å²) in [5.74, 6) is 1.59. The lowest BCUT2D eigenvalue weighted by Crippen LogP contribution is -2.30. The molecule has 17 heavy (non-hydrogen) atoms. The van der Waals surface area contributed by atoms with Crippen LogP contribution >= 0.6 is 0 Å². The first-order valence-corrected chi connectivity index (χ1v) is 5.79. The number of nitrogens with two attached hydrogens (primary N) is 1. The van der Waals surface area contributed by atoms with Gasteiger partial charge in [-0.1, -0.05) is 6.92 Å². The lowest BCUT2D eigenvalue weighted by atomic mass is 10.0. The van der Waals surface area contributed by atoms with Crippen molar-refractivity contribution >= 4 is 0 Å². The minimum atomic E-state index is 0.184. The maximum Gasteiger partial charge on any atom is 0.122 e. The molecule has 0 aliphatic carbocycles. The summed E-state index contributed by atoms with van der Waals surface area (Å²) < 4.78 is 10.5. The first-order valence-electron chi connectivity index (χ1n) is 5.79. The lowest BCUT2D eigenvalue weighted by Gasteiger charge is -2.26. The molecule has 0 spiro atoms. The van der Waals surface area contributed by atoms with Gasteiger partial charge >= 0.3 is 0 Å². The Bertz CT molecular complexity index is 333. The molecule has 0 bridgehead atoms. The molecule has 0 amide bonds. The Morgan fingerprint density at radius 3 is 2.06 bits per heavy atom. The molecule has 0 aromatic heterocycles. The van der Waals surface area contributed by atoms with Crippen LogP contribution in [-0.4, -0.2) is 39.3 Å². The van der Waals surface area contributed by atoms with Crippen molar-refractivity contribution in [3.8, 4) is 11.5 Å². The number of methoxy groups -OCH3 is 2. The average Bonchev–Trinajstić information content (AvgIpc) is 2.38. The van der Waals surface area contributed by atoms with Gasteiger partial charge in [0, 0.05) is 18.7 Å². The highest BCUT2D eigenvalue weighted by atomic mass is 16.5. The van der Waals surface area contributed by atoms with Gasteiger partial charge in [0.05, 0.1) is 14.2 Å². The van der Waals surface area contributed by atoms with Crippen LogP contribution in [0.4, 0.5) is 0 Å². The van der Waals surface area contributed by atoms with Crippen LogP contribution in [0.3, 0.4) is 0 Å². The van der Waals surface area contributed by atoms with Gasteiger partial charge in [-0.3, -0.25) is 4.90 Å². The summed E-state index contributed by atoms with van der Waals surface area (Å²) in [6.45, 7) is 3.63. The summed E-state index contributed by atoms with van der Waals surface area (Å²) in [6, 6.07) is 6.06. The molecule has 0 radical (unpaired) electrons. The van der Waals surface area contributed by atoms with E-state index in [1.807, 2.05) is 18.2 Å². The monoisotopic (exact) mass is 238 g/mol. The second kappa shape index (κ2) is 6.47. The van der Waals surface area contributed by atoms with E-state index in [2.05, 4.69) is 18.9 Å². The van der Waals surface area contributed by atoms with E-state index in [1.54, 1.807) is 14.2 Å². The van der Waals surface area contributed by atoms with E-state index in [0.29, 0.717) is 6.54 Å². The number of hydrogen-bond acceptors (Lipinski definition) is 4. The van der Waals surface area contributed by atoms with Gasteiger partial charge in [0.15, 0.2) is 0 Å². The van der Waals surface area contributed by atoms with Crippen LogP contribution in [0.1, 0.15) is 18.5 Å². The molecule has 2 N–H and O–H groups in total. The molecule has 0 aliphatic rings. The van der Waals surface area contributed by atoms with Crippen molar-refractivity contribution in [3.63, 3.8) is 0 Å². The summed E-state index contributed by atoms with van der Waals surface area (Å²) in [5, 5.41) is 0. The molecular weight excluding hydrogens is 216 g/mol. The van der Waals surface area contributed by atoms with Crippen LogP contribution in [0, 0.1) is 0 Å². The number of benzene rings is 1. The predicted molar refractivity (Wildman–Crippen MR) is 69.6 cm³/mol. The van der Waals surface area contributed by atoms with E-state index >= 15 is 0 Å². The highest BCUT2D eigenvalue weighted by molar-refractivity contribution is 5.40. The maximum absolute atomic E-state index is 5.84. The van der Waals surface area contributed by atoms with Crippen LogP contribution in [0.25, 0.3) is 0 Å². The van der Waals surface area contributed by atoms with E-state index < -0.39 is 0 Å². The summed E-state index contributed by atoms with van der Waals surface area (Å²) in [7, 11) is 5.36. The van der Waals surface area contributed by atoms with E-state index in [4.69, 9.17) is 15.2 Å². The Kier molecular flexibility index (Phi) is 5.25. The van der Waals surface area contributed by atoms with E-state index in [1.165, 1.54) is 0 Å². The van der Waals surface area contributed by atoms with Crippen molar-refractivity contribution in [2.24, 2.45) is 5.73 Å². The standard InChI is InChI=1S/C13H22N2O2/c1-5-15(2)13(9-14)10-6-11(16-3)8-12(7-10)17-4/h6-8,13H,5,9,14H2,1-4H3. The number of nitrogens with zero attached hydrogens (tertiary/aromatic N) is 1. The van der Waals surface area contributed by atoms with Gasteiger partial charge in [0.1, 0.15) is 11.5 Å². The molecule has 1 unspecified atom stereocenters. The summed E-state index contributed by atoms with van der Waals surface area (Å²) >= 11 is 0. The molecule has 0 saturated carbocycles. The number of likely N-dealkylation sites (N-methyl/N-ethyl adjacent to an activating group) is 1. The second-order valence-corrected chi connectivity index (χ2v) is 3.97. The van der Waals surface area contributed by atoms with Crippen LogP contribution < -0.4 is 15.2 Å². The Balaban J connectivity index is 3.09. The lowest BCUT2D eigenvalue weighted by molar-refractivity contribution is 0.262. The molecule has 4 heteroatoms. The molecule has 0 saturated heterocycles. The first-order chi connectivity index (χ1) is 8.15. The van der Waals surface area contributed by atoms with Gasteiger partial charge in [-0.05, 0) is 31.3 Å². The average molecular weight is 238 g/mol. The van der Waals surface area contributed by atoms with Crippen molar-refractivity contribution in [1.29, 1.82) is 0 Å². The van der Waals surface area contributed by atoms with Crippen molar-refractivity contribution < 1.29 is 9.47 Å². The van der Waals surface area contributed by atoms with Crippen molar-refractivity contribution in [1.82, 2.24) is 4.90 Å². The third-order valence-electron chi connectivity index (χ3n) is 3.01. The zero-order valence-electron chi connectivity index (χ0n) is 11.1. The van der Waals surface area contributed by atoms with Gasteiger partial charge in [-0.15, -0.1) is 0 Å². The van der Waals surface area contributed by atoms with Gasteiger partial charge < -0.3 is 15.2 Å². The molecule has 1 aromatic rings. The summed E-state index contributed by atoms with van der Waals surface area (Å²) in [6.07, 6.45) is 0. The molecule has 1 aromatic carbocycles. The predicted octanol–water partition coefficient (Wildman–Crippen LogP) is 1.66. The number of ether oxygens (including phenoxy) is 2. The quantitative estimate of drug-likeness (QED) is 0.818. The first kappa shape index (κ1) is 13.8. The third kappa shape index (κ3) is 3.35. The molecule has 4 nitrogen and oxygen atoms in total. The fourth-order valence-corrected chi connectivity index (χ4v) is 1.81. The Hall–Kier alpha value is -1.26. The van der Waals surface area contributed by atoms with E-state index in [0.717, 1.165) is 23.6 Å². The van der Waals surface area contributed by atoms with E-state index in [9.17, 15) is 0 Å². The molecule has 0 fully saturated rings. The van der Waals surface area contributed by atoms with Gasteiger partial charge in [0.25, 0.3) is 0 Å². The van der Waals surface area contributed by atoms with Crippen LogP contribution in [-0.2, 0) is 0 Å². The molecule has 96 valence electrons. The zero-order valence-corrected chi connectivity index (χ0v) is 11.1. The fourth-order valence-electron chi connectivity index (χ4n) is 1.81. The summed E-state index contributed by atoms with van der Waals surface area (Å²) in [4.78, 5) is 2.20. The minimum absolute atomic E-state index is 0.184. The Morgan fingerprint density at radius 2 is 1.71 bits per heavy atom. The largest absolute Gasteiger partial charge is 0.497 e. The van der Waals surface area contributed by atoms with Crippen LogP contribution in [0.5, 0.6) is 11.5 Å². The summed E-state index contributed by atoms with van der Waals surface area (Å²) in [5.41, 5.74) is 6.96. The topological polar surface area (TPSA) is 47.7 Å². The SMILES string of the molecule is CCN(C)C(CN)c1cc(OC)cc(OC)c1. The molecule has 0 heterocycles. The normalized spacial score (nSPS) is 12.6. The fraction of sp³-hybridized carbons (Fsp3) is 0.538. The van der Waals surface area contributed by atoms with Gasteiger partial charge in [-0.2, -0.15) is 0 Å². The Morgan fingerprint density at radius 1 is 1.18 bits per heavy atom. The highest BCUT2D eigenvalue weighted by Crippen LogP contribution is 2.28. The second-order valence-electron chi connectivity index (χ2n) is 3.97. The zero-order chi connectivity index (χ0) is 12.8. The third-order valence-corrected chi connectivity index (χ3v) is 3.01. The van der Waals surface area contributed by atoms with Crippen molar-refractivity contribution in [2.45, 2.75) is 13.0 Å². The van der Waals surface area contributed by atoms with Crippen molar-refractivity contribution in [2.75, 3.05) is 34.4 Å². The highest BCUT2D eigenvalue weighted by Gasteiger charge is 2.16. The maximum atomic E-state index is 5.84. The number of hydrogen-bond donors (Lipinski definition) is 1. The van der Waals surface area contributed by atoms with Crippen LogP contribution in [0.15, 0.2) is 18.2 Å². The number of rotatable bonds is 6. The van der Waals surface area contributed by atoms with Gasteiger partial charge in [0.2, 0.25) is 0 Å².